The molecule has 1 amide bonds. The highest BCUT2D eigenvalue weighted by atomic mass is 32.1. The van der Waals surface area contributed by atoms with Gasteiger partial charge in [-0.3, -0.25) is 4.79 Å². The number of thiazole rings is 1. The molecule has 2 aromatic heterocycles. The second-order valence-electron chi connectivity index (χ2n) is 5.58. The maximum absolute atomic E-state index is 13.0. The number of carbonyl (C=O) groups is 1. The molecule has 7 heteroatoms. The van der Waals surface area contributed by atoms with E-state index < -0.39 is 0 Å². The van der Waals surface area contributed by atoms with Crippen molar-refractivity contribution in [3.05, 3.63) is 53.8 Å². The molecule has 0 spiro atoms. The summed E-state index contributed by atoms with van der Waals surface area (Å²) in [5, 5.41) is 3.00. The monoisotopic (exact) mass is 339 g/mol. The van der Waals surface area contributed by atoms with E-state index in [2.05, 4.69) is 19.9 Å². The highest BCUT2D eigenvalue weighted by Gasteiger charge is 2.25. The van der Waals surface area contributed by atoms with Gasteiger partial charge in [0.25, 0.3) is 5.91 Å². The number of hydrogen-bond acceptors (Lipinski definition) is 5. The summed E-state index contributed by atoms with van der Waals surface area (Å²) in [6, 6.07) is 7.62. The van der Waals surface area contributed by atoms with Crippen LogP contribution < -0.4 is 4.90 Å². The van der Waals surface area contributed by atoms with Crippen molar-refractivity contribution in [1.82, 2.24) is 19.9 Å². The number of benzene rings is 1. The minimum absolute atomic E-state index is 0.0563. The first-order valence-corrected chi connectivity index (χ1v) is 8.73. The number of amides is 1. The van der Waals surface area contributed by atoms with Gasteiger partial charge in [0.15, 0.2) is 5.13 Å². The Balaban J connectivity index is 1.51. The lowest BCUT2D eigenvalue weighted by atomic mass is 10.1. The Labute approximate surface area is 143 Å². The fraction of sp³-hybridized carbons (Fsp3) is 0.235. The molecule has 3 heterocycles. The van der Waals surface area contributed by atoms with Gasteiger partial charge in [-0.05, 0) is 6.07 Å². The fourth-order valence-electron chi connectivity index (χ4n) is 2.93. The van der Waals surface area contributed by atoms with Gasteiger partial charge in [0.05, 0.1) is 5.56 Å². The van der Waals surface area contributed by atoms with E-state index in [1.54, 1.807) is 23.7 Å². The zero-order chi connectivity index (χ0) is 16.4. The molecule has 1 saturated heterocycles. The summed E-state index contributed by atoms with van der Waals surface area (Å²) in [5.41, 5.74) is 1.53. The fourth-order valence-corrected chi connectivity index (χ4v) is 3.63. The Morgan fingerprint density at radius 1 is 1.08 bits per heavy atom. The number of hydrogen-bond donors (Lipinski definition) is 1. The van der Waals surface area contributed by atoms with Crippen molar-refractivity contribution in [3.63, 3.8) is 0 Å². The Morgan fingerprint density at radius 2 is 1.92 bits per heavy atom. The predicted molar refractivity (Wildman–Crippen MR) is 94.3 cm³/mol. The van der Waals surface area contributed by atoms with Crippen molar-refractivity contribution >= 4 is 22.4 Å². The van der Waals surface area contributed by atoms with Crippen molar-refractivity contribution in [2.45, 2.75) is 0 Å². The summed E-state index contributed by atoms with van der Waals surface area (Å²) in [5.74, 6) is 0.779. The maximum atomic E-state index is 13.0. The molecule has 3 aromatic rings. The van der Waals surface area contributed by atoms with Crippen LogP contribution in [-0.4, -0.2) is 51.9 Å². The molecule has 0 aliphatic carbocycles. The smallest absolute Gasteiger partial charge is 0.254 e. The first-order chi connectivity index (χ1) is 11.8. The molecule has 1 aliphatic rings. The average Bonchev–Trinajstić information content (AvgIpc) is 3.35. The van der Waals surface area contributed by atoms with Gasteiger partial charge in [0.2, 0.25) is 0 Å². The van der Waals surface area contributed by atoms with Crippen LogP contribution >= 0.6 is 11.3 Å². The predicted octanol–water partition coefficient (Wildman–Crippen LogP) is 2.50. The summed E-state index contributed by atoms with van der Waals surface area (Å²) >= 11 is 1.64. The molecule has 0 unspecified atom stereocenters. The van der Waals surface area contributed by atoms with Crippen molar-refractivity contribution in [2.75, 3.05) is 31.1 Å². The van der Waals surface area contributed by atoms with Crippen LogP contribution in [0.15, 0.2) is 48.2 Å². The summed E-state index contributed by atoms with van der Waals surface area (Å²) < 4.78 is 0. The van der Waals surface area contributed by atoms with Crippen molar-refractivity contribution in [3.8, 4) is 11.4 Å². The van der Waals surface area contributed by atoms with Gasteiger partial charge < -0.3 is 14.8 Å². The quantitative estimate of drug-likeness (QED) is 0.796. The number of carbonyl (C=O) groups excluding carboxylic acids is 1. The van der Waals surface area contributed by atoms with Crippen LogP contribution in [0, 0.1) is 0 Å². The number of aromatic nitrogens is 3. The number of nitrogens with zero attached hydrogens (tertiary/aromatic N) is 4. The molecule has 1 fully saturated rings. The molecule has 1 aromatic carbocycles. The van der Waals surface area contributed by atoms with Gasteiger partial charge in [0.1, 0.15) is 5.82 Å². The van der Waals surface area contributed by atoms with Crippen LogP contribution in [0.25, 0.3) is 11.4 Å². The van der Waals surface area contributed by atoms with Gasteiger partial charge in [-0.15, -0.1) is 11.3 Å². The van der Waals surface area contributed by atoms with Gasteiger partial charge in [0, 0.05) is 55.7 Å². The van der Waals surface area contributed by atoms with Gasteiger partial charge in [-0.25, -0.2) is 9.97 Å². The molecular weight excluding hydrogens is 322 g/mol. The molecule has 4 rings (SSSR count). The van der Waals surface area contributed by atoms with Gasteiger partial charge in [-0.1, -0.05) is 18.2 Å². The Hall–Kier alpha value is -2.67. The zero-order valence-corrected chi connectivity index (χ0v) is 13.9. The molecule has 0 atom stereocenters. The number of anilines is 1. The normalized spacial score (nSPS) is 14.8. The number of aromatic amines is 1. The highest BCUT2D eigenvalue weighted by molar-refractivity contribution is 7.13. The minimum Gasteiger partial charge on any atom is -0.345 e. The van der Waals surface area contributed by atoms with Gasteiger partial charge in [-0.2, -0.15) is 0 Å². The zero-order valence-electron chi connectivity index (χ0n) is 13.1. The standard InChI is InChI=1S/C17H17N5OS/c23-16(14-4-2-1-3-13(14)15-18-5-6-19-15)21-8-10-22(11-9-21)17-20-7-12-24-17/h1-7,12H,8-11H2,(H,18,19). The third kappa shape index (κ3) is 2.78. The summed E-state index contributed by atoms with van der Waals surface area (Å²) in [6.07, 6.45) is 5.28. The van der Waals surface area contributed by atoms with Crippen LogP contribution in [0.5, 0.6) is 0 Å². The Morgan fingerprint density at radius 3 is 2.62 bits per heavy atom. The number of H-pyrrole nitrogens is 1. The van der Waals surface area contributed by atoms with Crippen LogP contribution in [0.3, 0.4) is 0 Å². The minimum atomic E-state index is 0.0563. The topological polar surface area (TPSA) is 65.1 Å². The SMILES string of the molecule is O=C(c1ccccc1-c1ncc[nH]1)N1CCN(c2nccs2)CC1. The molecule has 0 bridgehead atoms. The molecule has 6 nitrogen and oxygen atoms in total. The average molecular weight is 339 g/mol. The van der Waals surface area contributed by atoms with Crippen LogP contribution in [0.2, 0.25) is 0 Å². The third-order valence-electron chi connectivity index (χ3n) is 4.17. The summed E-state index contributed by atoms with van der Waals surface area (Å²) in [6.45, 7) is 3.01. The highest BCUT2D eigenvalue weighted by Crippen LogP contribution is 2.23. The van der Waals surface area contributed by atoms with E-state index in [-0.39, 0.29) is 5.91 Å². The van der Waals surface area contributed by atoms with E-state index >= 15 is 0 Å². The number of piperazine rings is 1. The van der Waals surface area contributed by atoms with E-state index in [9.17, 15) is 4.79 Å². The first-order valence-electron chi connectivity index (χ1n) is 7.85. The van der Waals surface area contributed by atoms with E-state index in [4.69, 9.17) is 0 Å². The lowest BCUT2D eigenvalue weighted by molar-refractivity contribution is 0.0747. The molecule has 122 valence electrons. The largest absolute Gasteiger partial charge is 0.345 e. The molecule has 0 saturated carbocycles. The molecule has 1 aliphatic heterocycles. The Bertz CT molecular complexity index is 807. The number of rotatable bonds is 3. The Kier molecular flexibility index (Phi) is 4.00. The van der Waals surface area contributed by atoms with Crippen molar-refractivity contribution < 1.29 is 4.79 Å². The van der Waals surface area contributed by atoms with Crippen LogP contribution in [0.4, 0.5) is 5.13 Å². The lowest BCUT2D eigenvalue weighted by Crippen LogP contribution is -2.48. The third-order valence-corrected chi connectivity index (χ3v) is 5.00. The second kappa shape index (κ2) is 6.45. The molecule has 0 radical (unpaired) electrons. The van der Waals surface area contributed by atoms with E-state index in [1.807, 2.05) is 40.7 Å². The van der Waals surface area contributed by atoms with E-state index in [1.165, 1.54) is 0 Å². The van der Waals surface area contributed by atoms with Crippen LogP contribution in [-0.2, 0) is 0 Å². The summed E-state index contributed by atoms with van der Waals surface area (Å²) in [7, 11) is 0. The second-order valence-corrected chi connectivity index (χ2v) is 6.45. The molecule has 1 N–H and O–H groups in total. The van der Waals surface area contributed by atoms with E-state index in [0.29, 0.717) is 18.7 Å². The lowest BCUT2D eigenvalue weighted by Gasteiger charge is -2.34. The van der Waals surface area contributed by atoms with E-state index in [0.717, 1.165) is 29.6 Å². The van der Waals surface area contributed by atoms with Gasteiger partial charge >= 0.3 is 0 Å². The number of nitrogens with one attached hydrogen (secondary N) is 1. The number of imidazole rings is 1. The van der Waals surface area contributed by atoms with Crippen molar-refractivity contribution in [1.29, 1.82) is 0 Å². The van der Waals surface area contributed by atoms with Crippen LogP contribution in [0.1, 0.15) is 10.4 Å². The summed E-state index contributed by atoms with van der Waals surface area (Å²) in [4.78, 5) is 28.8. The van der Waals surface area contributed by atoms with Crippen molar-refractivity contribution in [2.24, 2.45) is 0 Å². The molecule has 24 heavy (non-hydrogen) atoms. The molecular formula is C17H17N5OS. The maximum Gasteiger partial charge on any atom is 0.254 e. The first kappa shape index (κ1) is 14.9.